The highest BCUT2D eigenvalue weighted by Crippen LogP contribution is 2.30. The van der Waals surface area contributed by atoms with E-state index in [1.165, 1.54) is 12.1 Å². The van der Waals surface area contributed by atoms with Crippen LogP contribution >= 0.6 is 12.4 Å². The summed E-state index contributed by atoms with van der Waals surface area (Å²) in [5, 5.41) is -0.135. The van der Waals surface area contributed by atoms with E-state index >= 15 is 0 Å². The summed E-state index contributed by atoms with van der Waals surface area (Å²) in [4.78, 5) is 51.3. The average molecular weight is 344 g/mol. The Kier molecular flexibility index (Phi) is 3.21. The number of halogens is 1. The molecule has 5 N–H and O–H groups in total. The minimum atomic E-state index is -0.726. The molecule has 8 heteroatoms. The Bertz CT molecular complexity index is 1260. The molecule has 0 unspecified atom stereocenters. The van der Waals surface area contributed by atoms with Gasteiger partial charge in [0.15, 0.2) is 10.9 Å². The Morgan fingerprint density at radius 1 is 0.667 bits per heavy atom. The Hall–Kier alpha value is -3.19. The minimum absolute atomic E-state index is 0. The Balaban J connectivity index is 0.00000169. The van der Waals surface area contributed by atoms with E-state index in [4.69, 9.17) is 11.5 Å². The summed E-state index contributed by atoms with van der Waals surface area (Å²) in [6.07, 6.45) is 0. The van der Waals surface area contributed by atoms with Crippen molar-refractivity contribution in [2.45, 2.75) is 0 Å². The van der Waals surface area contributed by atoms with Crippen molar-refractivity contribution in [3.8, 4) is 0 Å². The zero-order valence-electron chi connectivity index (χ0n) is 12.0. The second kappa shape index (κ2) is 4.90. The van der Waals surface area contributed by atoms with E-state index in [1.807, 2.05) is 0 Å². The standard InChI is InChI=1S/C16H9N3O4.ClH/c17-11-7-8(12(18)10-9(11)15(22)19-16(10)23)14(21)6-4-2-1-3-5(6)13(7)20;/h1-4H,17-18H2,(H,19,22,23);1H. The highest BCUT2D eigenvalue weighted by atomic mass is 35.5. The molecule has 1 aromatic heterocycles. The molecule has 0 amide bonds. The first-order valence-corrected chi connectivity index (χ1v) is 6.72. The van der Waals surface area contributed by atoms with Gasteiger partial charge in [0.05, 0.1) is 32.9 Å². The largest absolute Gasteiger partial charge is 0.397 e. The van der Waals surface area contributed by atoms with Crippen molar-refractivity contribution < 1.29 is 0 Å². The van der Waals surface area contributed by atoms with Gasteiger partial charge in [-0.1, -0.05) is 24.3 Å². The van der Waals surface area contributed by atoms with Crippen molar-refractivity contribution in [1.82, 2.24) is 4.98 Å². The molecule has 0 saturated heterocycles. The molecule has 4 aromatic rings. The molecule has 0 saturated carbocycles. The lowest BCUT2D eigenvalue weighted by molar-refractivity contribution is 1.26. The van der Waals surface area contributed by atoms with E-state index in [0.717, 1.165) is 0 Å². The maximum Gasteiger partial charge on any atom is 0.261 e. The number of anilines is 2. The summed E-state index contributed by atoms with van der Waals surface area (Å²) < 4.78 is 0. The number of hydrogen-bond acceptors (Lipinski definition) is 6. The maximum absolute atomic E-state index is 12.7. The molecule has 3 aromatic carbocycles. The molecule has 24 heavy (non-hydrogen) atoms. The molecular weight excluding hydrogens is 334 g/mol. The van der Waals surface area contributed by atoms with Gasteiger partial charge in [-0.15, -0.1) is 12.4 Å². The predicted molar refractivity (Wildman–Crippen MR) is 96.8 cm³/mol. The molecule has 4 rings (SSSR count). The number of aromatic nitrogens is 1. The molecule has 0 bridgehead atoms. The third-order valence-electron chi connectivity index (χ3n) is 4.13. The van der Waals surface area contributed by atoms with E-state index in [1.54, 1.807) is 12.1 Å². The number of nitrogens with two attached hydrogens (primary N) is 2. The second-order valence-electron chi connectivity index (χ2n) is 5.31. The first-order chi connectivity index (χ1) is 10.9. The number of aromatic amines is 1. The van der Waals surface area contributed by atoms with Crippen molar-refractivity contribution in [1.29, 1.82) is 0 Å². The van der Waals surface area contributed by atoms with Crippen molar-refractivity contribution in [2.75, 3.05) is 11.5 Å². The number of nitrogen functional groups attached to an aromatic ring is 2. The van der Waals surface area contributed by atoms with Gasteiger partial charge in [0.1, 0.15) is 0 Å². The number of rotatable bonds is 0. The molecule has 0 aliphatic rings. The van der Waals surface area contributed by atoms with E-state index < -0.39 is 22.0 Å². The first-order valence-electron chi connectivity index (χ1n) is 6.72. The van der Waals surface area contributed by atoms with Gasteiger partial charge in [0.2, 0.25) is 0 Å². The third-order valence-corrected chi connectivity index (χ3v) is 4.13. The monoisotopic (exact) mass is 343 g/mol. The van der Waals surface area contributed by atoms with Crippen molar-refractivity contribution >= 4 is 56.1 Å². The van der Waals surface area contributed by atoms with Crippen LogP contribution in [0.15, 0.2) is 43.4 Å². The smallest absolute Gasteiger partial charge is 0.261 e. The van der Waals surface area contributed by atoms with Crippen molar-refractivity contribution in [3.05, 3.63) is 65.4 Å². The van der Waals surface area contributed by atoms with Crippen molar-refractivity contribution in [2.24, 2.45) is 0 Å². The van der Waals surface area contributed by atoms with Crippen LogP contribution in [0.4, 0.5) is 11.4 Å². The summed E-state index contributed by atoms with van der Waals surface area (Å²) in [7, 11) is 0. The lowest BCUT2D eigenvalue weighted by atomic mass is 9.97. The van der Waals surface area contributed by atoms with Gasteiger partial charge in [-0.2, -0.15) is 0 Å². The second-order valence-corrected chi connectivity index (χ2v) is 5.31. The van der Waals surface area contributed by atoms with Crippen LogP contribution in [0, 0.1) is 0 Å². The lowest BCUT2D eigenvalue weighted by Crippen LogP contribution is -2.17. The lowest BCUT2D eigenvalue weighted by Gasteiger charge is -2.07. The van der Waals surface area contributed by atoms with Crippen LogP contribution in [0.5, 0.6) is 0 Å². The predicted octanol–water partition coefficient (Wildman–Crippen LogP) is 0.377. The number of benzene rings is 3. The van der Waals surface area contributed by atoms with Gasteiger partial charge in [0, 0.05) is 10.8 Å². The van der Waals surface area contributed by atoms with Crippen molar-refractivity contribution in [3.63, 3.8) is 0 Å². The maximum atomic E-state index is 12.7. The topological polar surface area (TPSA) is 136 Å². The summed E-state index contributed by atoms with van der Waals surface area (Å²) in [5.41, 5.74) is 9.07. The van der Waals surface area contributed by atoms with Gasteiger partial charge in [-0.3, -0.25) is 24.2 Å². The van der Waals surface area contributed by atoms with E-state index in [-0.39, 0.29) is 56.1 Å². The zero-order valence-corrected chi connectivity index (χ0v) is 12.8. The van der Waals surface area contributed by atoms with E-state index in [0.29, 0.717) is 0 Å². The van der Waals surface area contributed by atoms with Crippen LogP contribution < -0.4 is 33.4 Å². The number of nitrogens with one attached hydrogen (secondary N) is 1. The zero-order chi connectivity index (χ0) is 16.5. The van der Waals surface area contributed by atoms with Gasteiger partial charge < -0.3 is 11.5 Å². The molecule has 0 spiro atoms. The van der Waals surface area contributed by atoms with Crippen LogP contribution in [-0.4, -0.2) is 4.98 Å². The first kappa shape index (κ1) is 15.7. The molecule has 0 fully saturated rings. The summed E-state index contributed by atoms with van der Waals surface area (Å²) in [6, 6.07) is 6.26. The fourth-order valence-electron chi connectivity index (χ4n) is 3.11. The quantitative estimate of drug-likeness (QED) is 0.240. The summed E-state index contributed by atoms with van der Waals surface area (Å²) >= 11 is 0. The molecule has 120 valence electrons. The Morgan fingerprint density at radius 2 is 1.04 bits per heavy atom. The van der Waals surface area contributed by atoms with Gasteiger partial charge in [-0.25, -0.2) is 0 Å². The fourth-order valence-corrected chi connectivity index (χ4v) is 3.11. The molecule has 1 heterocycles. The van der Waals surface area contributed by atoms with Crippen LogP contribution in [-0.2, 0) is 0 Å². The van der Waals surface area contributed by atoms with Gasteiger partial charge in [-0.05, 0) is 0 Å². The number of hydrogen-bond donors (Lipinski definition) is 3. The molecular formula is C16H10ClN3O4. The molecule has 0 aliphatic heterocycles. The normalized spacial score (nSPS) is 11.2. The van der Waals surface area contributed by atoms with Crippen LogP contribution in [0.2, 0.25) is 0 Å². The Morgan fingerprint density at radius 3 is 1.42 bits per heavy atom. The van der Waals surface area contributed by atoms with Crippen LogP contribution in [0.3, 0.4) is 0 Å². The molecule has 7 nitrogen and oxygen atoms in total. The van der Waals surface area contributed by atoms with E-state index in [9.17, 15) is 19.2 Å². The highest BCUT2D eigenvalue weighted by Gasteiger charge is 2.22. The SMILES string of the molecule is Cl.Nc1c2c(=O)[nH]c(=O)c2c(N)c2c(=O)c3ccccc3c(=O)c12. The molecule has 0 atom stereocenters. The number of fused-ring (bicyclic) bond motifs is 3. The molecule has 0 radical (unpaired) electrons. The minimum Gasteiger partial charge on any atom is -0.397 e. The highest BCUT2D eigenvalue weighted by molar-refractivity contribution is 6.20. The van der Waals surface area contributed by atoms with Gasteiger partial charge in [0.25, 0.3) is 11.1 Å². The van der Waals surface area contributed by atoms with Crippen LogP contribution in [0.25, 0.3) is 32.3 Å². The third kappa shape index (κ3) is 1.67. The Labute approximate surface area is 138 Å². The average Bonchev–Trinajstić information content (AvgIpc) is 2.83. The summed E-state index contributed by atoms with van der Waals surface area (Å²) in [6.45, 7) is 0. The summed E-state index contributed by atoms with van der Waals surface area (Å²) in [5.74, 6) is 0. The number of H-pyrrole nitrogens is 1. The van der Waals surface area contributed by atoms with E-state index in [2.05, 4.69) is 4.98 Å². The van der Waals surface area contributed by atoms with Crippen LogP contribution in [0.1, 0.15) is 0 Å². The fraction of sp³-hybridized carbons (Fsp3) is 0. The molecule has 0 aliphatic carbocycles. The van der Waals surface area contributed by atoms with Gasteiger partial charge >= 0.3 is 0 Å².